The zero-order valence-electron chi connectivity index (χ0n) is 10.3. The summed E-state index contributed by atoms with van der Waals surface area (Å²) in [4.78, 5) is 26.1. The lowest BCUT2D eigenvalue weighted by Crippen LogP contribution is -2.54. The number of carbonyl (C=O) groups excluding carboxylic acids is 2. The number of urea groups is 1. The number of imide groups is 1. The topological polar surface area (TPSA) is 40.6 Å². The number of carbonyl (C=O) groups is 2. The number of piperidine rings is 1. The Balaban J connectivity index is 0.000000292. The average Bonchev–Trinajstić information content (AvgIpc) is 2.93. The minimum Gasteiger partial charge on any atom is -0.320 e. The summed E-state index contributed by atoms with van der Waals surface area (Å²) in [5.41, 5.74) is 0. The maximum atomic E-state index is 11.6. The monoisotopic (exact) mass is 224 g/mol. The van der Waals surface area contributed by atoms with Crippen LogP contribution in [0, 0.1) is 11.8 Å². The molecular weight excluding hydrogens is 204 g/mol. The molecule has 0 unspecified atom stereocenters. The van der Waals surface area contributed by atoms with Gasteiger partial charge in [0.15, 0.2) is 0 Å². The summed E-state index contributed by atoms with van der Waals surface area (Å²) < 4.78 is 0. The normalized spacial score (nSPS) is 35.3. The molecule has 16 heavy (non-hydrogen) atoms. The van der Waals surface area contributed by atoms with Crippen molar-refractivity contribution in [3.63, 3.8) is 0 Å². The second kappa shape index (κ2) is 4.07. The van der Waals surface area contributed by atoms with E-state index in [0.717, 1.165) is 6.54 Å². The number of hydrogen-bond donors (Lipinski definition) is 0. The van der Waals surface area contributed by atoms with Gasteiger partial charge < -0.3 is 4.90 Å². The SMILES string of the molecule is CCC.CN1C(=O)C[C@H]2[C@H]3C[C@H]3CN2C1=O. The van der Waals surface area contributed by atoms with Crippen molar-refractivity contribution in [1.29, 1.82) is 0 Å². The van der Waals surface area contributed by atoms with Crippen molar-refractivity contribution in [3.05, 3.63) is 0 Å². The highest BCUT2D eigenvalue weighted by Crippen LogP contribution is 2.51. The fraction of sp³-hybridized carbons (Fsp3) is 0.833. The molecule has 4 heteroatoms. The minimum absolute atomic E-state index is 0.0150. The molecule has 3 amide bonds. The summed E-state index contributed by atoms with van der Waals surface area (Å²) in [6.07, 6.45) is 3.02. The summed E-state index contributed by atoms with van der Waals surface area (Å²) in [6.45, 7) is 5.13. The minimum atomic E-state index is -0.0894. The third-order valence-electron chi connectivity index (χ3n) is 3.59. The van der Waals surface area contributed by atoms with E-state index in [1.165, 1.54) is 17.7 Å². The third kappa shape index (κ3) is 1.70. The van der Waals surface area contributed by atoms with Crippen LogP contribution in [0.2, 0.25) is 0 Å². The quantitative estimate of drug-likeness (QED) is 0.628. The van der Waals surface area contributed by atoms with Gasteiger partial charge in [0.25, 0.3) is 0 Å². The Labute approximate surface area is 96.6 Å². The Hall–Kier alpha value is -1.06. The molecule has 0 bridgehead atoms. The van der Waals surface area contributed by atoms with Crippen LogP contribution in [-0.2, 0) is 4.79 Å². The van der Waals surface area contributed by atoms with Crippen molar-refractivity contribution in [2.45, 2.75) is 39.2 Å². The summed E-state index contributed by atoms with van der Waals surface area (Å²) >= 11 is 0. The van der Waals surface area contributed by atoms with Gasteiger partial charge in [-0.3, -0.25) is 9.69 Å². The standard InChI is InChI=1S/C9H12N2O2.C3H8/c1-10-8(12)3-7-6-2-5(6)4-11(7)9(10)13;1-3-2/h5-7H,2-4H2,1H3;3H2,1-2H3/t5-,6-,7-;/m0./s1. The Morgan fingerprint density at radius 2 is 1.94 bits per heavy atom. The summed E-state index contributed by atoms with van der Waals surface area (Å²) in [7, 11) is 1.57. The second-order valence-electron chi connectivity index (χ2n) is 5.03. The first-order chi connectivity index (χ1) is 7.60. The largest absolute Gasteiger partial charge is 0.326 e. The van der Waals surface area contributed by atoms with Crippen LogP contribution in [0.3, 0.4) is 0 Å². The maximum Gasteiger partial charge on any atom is 0.326 e. The van der Waals surface area contributed by atoms with Crippen LogP contribution in [0.25, 0.3) is 0 Å². The van der Waals surface area contributed by atoms with Gasteiger partial charge in [-0.15, -0.1) is 0 Å². The first kappa shape index (κ1) is 11.4. The Morgan fingerprint density at radius 1 is 1.31 bits per heavy atom. The van der Waals surface area contributed by atoms with E-state index in [1.807, 2.05) is 4.90 Å². The molecule has 3 aliphatic rings. The maximum absolute atomic E-state index is 11.6. The Morgan fingerprint density at radius 3 is 2.56 bits per heavy atom. The van der Waals surface area contributed by atoms with E-state index in [4.69, 9.17) is 0 Å². The lowest BCUT2D eigenvalue weighted by atomic mass is 10.1. The molecular formula is C12H20N2O2. The van der Waals surface area contributed by atoms with Crippen LogP contribution in [-0.4, -0.2) is 41.4 Å². The predicted molar refractivity (Wildman–Crippen MR) is 60.8 cm³/mol. The molecule has 3 atom stereocenters. The molecule has 0 radical (unpaired) electrons. The van der Waals surface area contributed by atoms with Crippen molar-refractivity contribution < 1.29 is 9.59 Å². The van der Waals surface area contributed by atoms with E-state index in [9.17, 15) is 9.59 Å². The van der Waals surface area contributed by atoms with Crippen LogP contribution >= 0.6 is 0 Å². The molecule has 90 valence electrons. The van der Waals surface area contributed by atoms with Crippen molar-refractivity contribution >= 4 is 11.9 Å². The van der Waals surface area contributed by atoms with E-state index in [-0.39, 0.29) is 18.0 Å². The zero-order chi connectivity index (χ0) is 11.9. The molecule has 4 nitrogen and oxygen atoms in total. The smallest absolute Gasteiger partial charge is 0.320 e. The van der Waals surface area contributed by atoms with Gasteiger partial charge in [-0.1, -0.05) is 20.3 Å². The lowest BCUT2D eigenvalue weighted by Gasteiger charge is -2.35. The number of fused-ring (bicyclic) bond motifs is 3. The van der Waals surface area contributed by atoms with Crippen LogP contribution in [0.4, 0.5) is 4.79 Å². The van der Waals surface area contributed by atoms with E-state index in [1.54, 1.807) is 7.05 Å². The van der Waals surface area contributed by atoms with Crippen molar-refractivity contribution in [2.75, 3.05) is 13.6 Å². The van der Waals surface area contributed by atoms with Gasteiger partial charge in [-0.05, 0) is 18.3 Å². The van der Waals surface area contributed by atoms with Crippen molar-refractivity contribution in [2.24, 2.45) is 11.8 Å². The highest BCUT2D eigenvalue weighted by Gasteiger charge is 2.57. The molecule has 2 heterocycles. The van der Waals surface area contributed by atoms with Crippen molar-refractivity contribution in [1.82, 2.24) is 9.80 Å². The van der Waals surface area contributed by atoms with Gasteiger partial charge >= 0.3 is 6.03 Å². The van der Waals surface area contributed by atoms with Gasteiger partial charge in [-0.25, -0.2) is 4.79 Å². The van der Waals surface area contributed by atoms with Crippen LogP contribution < -0.4 is 0 Å². The zero-order valence-corrected chi connectivity index (χ0v) is 10.3. The molecule has 3 rings (SSSR count). The van der Waals surface area contributed by atoms with E-state index < -0.39 is 0 Å². The van der Waals surface area contributed by atoms with Gasteiger partial charge in [0.05, 0.1) is 0 Å². The van der Waals surface area contributed by atoms with Crippen molar-refractivity contribution in [3.8, 4) is 0 Å². The molecule has 0 aromatic carbocycles. The van der Waals surface area contributed by atoms with E-state index >= 15 is 0 Å². The van der Waals surface area contributed by atoms with E-state index in [2.05, 4.69) is 13.8 Å². The molecule has 2 aliphatic heterocycles. The first-order valence-electron chi connectivity index (χ1n) is 6.17. The summed E-state index contributed by atoms with van der Waals surface area (Å²) in [5, 5.41) is 0. The molecule has 1 aliphatic carbocycles. The summed E-state index contributed by atoms with van der Waals surface area (Å²) in [6, 6.07) is 0.148. The fourth-order valence-electron chi connectivity index (χ4n) is 2.67. The fourth-order valence-corrected chi connectivity index (χ4v) is 2.67. The molecule has 2 saturated heterocycles. The third-order valence-corrected chi connectivity index (χ3v) is 3.59. The lowest BCUT2D eigenvalue weighted by molar-refractivity contribution is -0.131. The number of rotatable bonds is 0. The molecule has 0 aromatic rings. The molecule has 0 N–H and O–H groups in total. The number of nitrogens with zero attached hydrogens (tertiary/aromatic N) is 2. The number of hydrogen-bond acceptors (Lipinski definition) is 2. The van der Waals surface area contributed by atoms with Gasteiger partial charge in [0, 0.05) is 26.1 Å². The van der Waals surface area contributed by atoms with Gasteiger partial charge in [0.2, 0.25) is 5.91 Å². The molecule has 1 saturated carbocycles. The first-order valence-corrected chi connectivity index (χ1v) is 6.17. The Bertz CT molecular complexity index is 316. The van der Waals surface area contributed by atoms with Crippen LogP contribution in [0.1, 0.15) is 33.1 Å². The van der Waals surface area contributed by atoms with E-state index in [0.29, 0.717) is 18.3 Å². The highest BCUT2D eigenvalue weighted by atomic mass is 16.2. The predicted octanol–water partition coefficient (Wildman–Crippen LogP) is 1.71. The number of amides is 3. The van der Waals surface area contributed by atoms with Gasteiger partial charge in [-0.2, -0.15) is 0 Å². The second-order valence-corrected chi connectivity index (χ2v) is 5.03. The molecule has 0 spiro atoms. The highest BCUT2D eigenvalue weighted by molar-refractivity contribution is 5.97. The van der Waals surface area contributed by atoms with Crippen LogP contribution in [0.15, 0.2) is 0 Å². The van der Waals surface area contributed by atoms with Gasteiger partial charge in [0.1, 0.15) is 0 Å². The molecule has 0 aromatic heterocycles. The Kier molecular flexibility index (Phi) is 2.91. The van der Waals surface area contributed by atoms with Crippen LogP contribution in [0.5, 0.6) is 0 Å². The average molecular weight is 224 g/mol. The molecule has 3 fully saturated rings. The summed E-state index contributed by atoms with van der Waals surface area (Å²) in [5.74, 6) is 1.33.